The Hall–Kier alpha value is -0.610. The molecular weight excluding hydrogens is 250 g/mol. The van der Waals surface area contributed by atoms with E-state index in [9.17, 15) is 4.79 Å². The number of nitrogens with one attached hydrogen (secondary N) is 1. The predicted octanol–water partition coefficient (Wildman–Crippen LogP) is 1.74. The van der Waals surface area contributed by atoms with E-state index in [0.29, 0.717) is 5.92 Å². The van der Waals surface area contributed by atoms with Crippen LogP contribution in [0.2, 0.25) is 0 Å². The van der Waals surface area contributed by atoms with E-state index in [2.05, 4.69) is 17.1 Å². The van der Waals surface area contributed by atoms with Crippen LogP contribution in [0, 0.1) is 11.8 Å². The summed E-state index contributed by atoms with van der Waals surface area (Å²) in [6.07, 6.45) is 8.10. The van der Waals surface area contributed by atoms with E-state index in [1.54, 1.807) is 0 Å². The molecule has 3 atom stereocenters. The fourth-order valence-corrected chi connectivity index (χ4v) is 3.53. The van der Waals surface area contributed by atoms with Crippen LogP contribution in [0.4, 0.5) is 0 Å². The summed E-state index contributed by atoms with van der Waals surface area (Å²) in [4.78, 5) is 14.7. The van der Waals surface area contributed by atoms with Crippen molar-refractivity contribution in [2.24, 2.45) is 17.6 Å². The van der Waals surface area contributed by atoms with Crippen molar-refractivity contribution in [3.8, 4) is 0 Å². The smallest absolute Gasteiger partial charge is 0.223 e. The third-order valence-electron chi connectivity index (χ3n) is 4.73. The van der Waals surface area contributed by atoms with Gasteiger partial charge in [0, 0.05) is 25.0 Å². The maximum atomic E-state index is 12.2. The van der Waals surface area contributed by atoms with Gasteiger partial charge in [0.15, 0.2) is 0 Å². The molecule has 3 unspecified atom stereocenters. The summed E-state index contributed by atoms with van der Waals surface area (Å²) < 4.78 is 0. The van der Waals surface area contributed by atoms with E-state index in [1.807, 2.05) is 0 Å². The molecule has 116 valence electrons. The van der Waals surface area contributed by atoms with E-state index in [0.717, 1.165) is 38.8 Å². The van der Waals surface area contributed by atoms with Crippen molar-refractivity contribution in [3.63, 3.8) is 0 Å². The second kappa shape index (κ2) is 7.99. The molecule has 3 N–H and O–H groups in total. The van der Waals surface area contributed by atoms with Gasteiger partial charge in [0.25, 0.3) is 0 Å². The molecule has 2 aliphatic rings. The lowest BCUT2D eigenvalue weighted by Crippen LogP contribution is -2.41. The zero-order chi connectivity index (χ0) is 14.4. The zero-order valence-electron chi connectivity index (χ0n) is 12.9. The number of amides is 1. The van der Waals surface area contributed by atoms with E-state index in [1.165, 1.54) is 32.4 Å². The van der Waals surface area contributed by atoms with Gasteiger partial charge < -0.3 is 16.0 Å². The Bertz CT molecular complexity index is 302. The maximum absolute atomic E-state index is 12.2. The van der Waals surface area contributed by atoms with Crippen molar-refractivity contribution in [1.82, 2.24) is 10.2 Å². The molecule has 2 rings (SSSR count). The standard InChI is InChI=1S/C16H31N3O/c1-13(12-19-8-3-2-4-9-19)11-18-16(20)14-6-5-7-15(17)10-14/h13-15H,2-12,17H2,1H3,(H,18,20). The Morgan fingerprint density at radius 2 is 2.00 bits per heavy atom. The van der Waals surface area contributed by atoms with Gasteiger partial charge in [0.2, 0.25) is 5.91 Å². The van der Waals surface area contributed by atoms with Crippen molar-refractivity contribution in [2.45, 2.75) is 57.9 Å². The Labute approximate surface area is 123 Å². The molecule has 0 aromatic carbocycles. The molecule has 1 saturated carbocycles. The first-order chi connectivity index (χ1) is 9.65. The van der Waals surface area contributed by atoms with Crippen LogP contribution >= 0.6 is 0 Å². The lowest BCUT2D eigenvalue weighted by atomic mass is 9.85. The topological polar surface area (TPSA) is 58.4 Å². The van der Waals surface area contributed by atoms with Crippen LogP contribution in [0.15, 0.2) is 0 Å². The summed E-state index contributed by atoms with van der Waals surface area (Å²) in [7, 11) is 0. The first-order valence-electron chi connectivity index (χ1n) is 8.41. The fraction of sp³-hybridized carbons (Fsp3) is 0.938. The highest BCUT2D eigenvalue weighted by Gasteiger charge is 2.25. The van der Waals surface area contributed by atoms with Crippen molar-refractivity contribution < 1.29 is 4.79 Å². The monoisotopic (exact) mass is 281 g/mol. The SMILES string of the molecule is CC(CNC(=O)C1CCCC(N)C1)CN1CCCCC1. The number of likely N-dealkylation sites (tertiary alicyclic amines) is 1. The predicted molar refractivity (Wildman–Crippen MR) is 82.4 cm³/mol. The van der Waals surface area contributed by atoms with E-state index in [-0.39, 0.29) is 17.9 Å². The minimum absolute atomic E-state index is 0.154. The van der Waals surface area contributed by atoms with Gasteiger partial charge in [-0.2, -0.15) is 0 Å². The number of nitrogens with zero attached hydrogens (tertiary/aromatic N) is 1. The third-order valence-corrected chi connectivity index (χ3v) is 4.73. The van der Waals surface area contributed by atoms with Crippen molar-refractivity contribution in [2.75, 3.05) is 26.2 Å². The fourth-order valence-electron chi connectivity index (χ4n) is 3.53. The van der Waals surface area contributed by atoms with Crippen LogP contribution in [0.1, 0.15) is 51.9 Å². The molecule has 0 radical (unpaired) electrons. The zero-order valence-corrected chi connectivity index (χ0v) is 12.9. The lowest BCUT2D eigenvalue weighted by Gasteiger charge is -2.30. The van der Waals surface area contributed by atoms with Crippen LogP contribution in [0.3, 0.4) is 0 Å². The molecule has 1 amide bonds. The Balaban J connectivity index is 1.64. The van der Waals surface area contributed by atoms with E-state index < -0.39 is 0 Å². The molecular formula is C16H31N3O. The average Bonchev–Trinajstić information content (AvgIpc) is 2.46. The minimum Gasteiger partial charge on any atom is -0.356 e. The number of hydrogen-bond donors (Lipinski definition) is 2. The normalized spacial score (nSPS) is 29.9. The van der Waals surface area contributed by atoms with Gasteiger partial charge in [-0.05, 0) is 51.1 Å². The Morgan fingerprint density at radius 1 is 1.25 bits per heavy atom. The second-order valence-electron chi connectivity index (χ2n) is 6.84. The summed E-state index contributed by atoms with van der Waals surface area (Å²) in [5.74, 6) is 0.917. The van der Waals surface area contributed by atoms with E-state index in [4.69, 9.17) is 5.73 Å². The summed E-state index contributed by atoms with van der Waals surface area (Å²) in [6, 6.07) is 0.227. The van der Waals surface area contributed by atoms with E-state index >= 15 is 0 Å². The Kier molecular flexibility index (Phi) is 6.30. The highest BCUT2D eigenvalue weighted by atomic mass is 16.1. The molecule has 0 aromatic rings. The molecule has 1 aliphatic carbocycles. The first kappa shape index (κ1) is 15.8. The summed E-state index contributed by atoms with van der Waals surface area (Å²) in [5, 5.41) is 3.14. The van der Waals surface area contributed by atoms with Gasteiger partial charge in [0.1, 0.15) is 0 Å². The van der Waals surface area contributed by atoms with Gasteiger partial charge in [-0.3, -0.25) is 4.79 Å². The van der Waals surface area contributed by atoms with Gasteiger partial charge in [-0.25, -0.2) is 0 Å². The first-order valence-corrected chi connectivity index (χ1v) is 8.41. The van der Waals surface area contributed by atoms with Crippen molar-refractivity contribution >= 4 is 5.91 Å². The second-order valence-corrected chi connectivity index (χ2v) is 6.84. The van der Waals surface area contributed by atoms with Gasteiger partial charge >= 0.3 is 0 Å². The molecule has 4 nitrogen and oxygen atoms in total. The molecule has 1 aliphatic heterocycles. The molecule has 1 heterocycles. The summed E-state index contributed by atoms with van der Waals surface area (Å²) >= 11 is 0. The highest BCUT2D eigenvalue weighted by molar-refractivity contribution is 5.78. The number of nitrogens with two attached hydrogens (primary N) is 1. The third kappa shape index (κ3) is 5.06. The maximum Gasteiger partial charge on any atom is 0.223 e. The van der Waals surface area contributed by atoms with Crippen LogP contribution in [-0.2, 0) is 4.79 Å². The summed E-state index contributed by atoms with van der Waals surface area (Å²) in [5.41, 5.74) is 5.96. The van der Waals surface area contributed by atoms with Crippen LogP contribution in [-0.4, -0.2) is 43.0 Å². The van der Waals surface area contributed by atoms with Gasteiger partial charge in [-0.1, -0.05) is 19.8 Å². The molecule has 0 spiro atoms. The number of piperidine rings is 1. The minimum atomic E-state index is 0.154. The Morgan fingerprint density at radius 3 is 2.70 bits per heavy atom. The molecule has 2 fully saturated rings. The molecule has 4 heteroatoms. The lowest BCUT2D eigenvalue weighted by molar-refractivity contribution is -0.126. The number of carbonyl (C=O) groups excluding carboxylic acids is 1. The van der Waals surface area contributed by atoms with Crippen LogP contribution in [0.5, 0.6) is 0 Å². The van der Waals surface area contributed by atoms with Crippen LogP contribution < -0.4 is 11.1 Å². The molecule has 0 aromatic heterocycles. The van der Waals surface area contributed by atoms with Crippen LogP contribution in [0.25, 0.3) is 0 Å². The average molecular weight is 281 g/mol. The summed E-state index contributed by atoms with van der Waals surface area (Å²) in [6.45, 7) is 6.62. The molecule has 1 saturated heterocycles. The quantitative estimate of drug-likeness (QED) is 0.807. The molecule has 20 heavy (non-hydrogen) atoms. The van der Waals surface area contributed by atoms with Crippen molar-refractivity contribution in [3.05, 3.63) is 0 Å². The van der Waals surface area contributed by atoms with Gasteiger partial charge in [0.05, 0.1) is 0 Å². The van der Waals surface area contributed by atoms with Gasteiger partial charge in [-0.15, -0.1) is 0 Å². The highest BCUT2D eigenvalue weighted by Crippen LogP contribution is 2.23. The number of carbonyl (C=O) groups is 1. The van der Waals surface area contributed by atoms with Crippen molar-refractivity contribution in [1.29, 1.82) is 0 Å². The largest absolute Gasteiger partial charge is 0.356 e. The number of hydrogen-bond acceptors (Lipinski definition) is 3. The number of rotatable bonds is 5. The molecule has 0 bridgehead atoms.